The highest BCUT2D eigenvalue weighted by Gasteiger charge is 2.57. The highest BCUT2D eigenvalue weighted by Crippen LogP contribution is 2.40. The van der Waals surface area contributed by atoms with Crippen LogP contribution in [0.4, 0.5) is 4.79 Å². The van der Waals surface area contributed by atoms with E-state index in [-0.39, 0.29) is 37.4 Å². The van der Waals surface area contributed by atoms with Crippen LogP contribution in [0.1, 0.15) is 80.2 Å². The fraction of sp³-hybridized carbons (Fsp3) is 0.643. The number of carbonyl (C=O) groups excluding carboxylic acids is 4. The van der Waals surface area contributed by atoms with Crippen molar-refractivity contribution in [1.82, 2.24) is 15.2 Å². The number of carbonyl (C=O) groups is 4. The molecule has 2 aromatic rings. The van der Waals surface area contributed by atoms with E-state index in [9.17, 15) is 24.3 Å². The number of hydrogen-bond acceptors (Lipinski definition) is 12. The highest BCUT2D eigenvalue weighted by atomic mass is 16.7. The second-order valence-corrected chi connectivity index (χ2v) is 16.4. The number of Topliss-reactive ketones (excluding diaryl/α,β-unsaturated/α-hetero) is 2. The smallest absolute Gasteiger partial charge is 0.408 e. The fourth-order valence-corrected chi connectivity index (χ4v) is 8.73. The van der Waals surface area contributed by atoms with Crippen LogP contribution >= 0.6 is 0 Å². The molecule has 55 heavy (non-hydrogen) atoms. The van der Waals surface area contributed by atoms with Crippen LogP contribution in [0, 0.1) is 23.7 Å². The summed E-state index contributed by atoms with van der Waals surface area (Å²) in [4.78, 5) is 61.8. The minimum absolute atomic E-state index is 0.0612. The number of ketones is 2. The normalized spacial score (nSPS) is 38.1. The average Bonchev–Trinajstić information content (AvgIpc) is 3.47. The zero-order valence-electron chi connectivity index (χ0n) is 33.8. The molecular formula is C42H59N3O10. The molecule has 5 rings (SSSR count). The predicted octanol–water partition coefficient (Wildman–Crippen LogP) is 5.11. The van der Waals surface area contributed by atoms with Crippen LogP contribution < -0.4 is 5.32 Å². The van der Waals surface area contributed by atoms with E-state index in [0.29, 0.717) is 6.42 Å². The largest absolute Gasteiger partial charge is 0.458 e. The molecule has 0 spiro atoms. The summed E-state index contributed by atoms with van der Waals surface area (Å²) < 4.78 is 31.4. The maximum atomic E-state index is 14.4. The second kappa shape index (κ2) is 17.2. The summed E-state index contributed by atoms with van der Waals surface area (Å²) >= 11 is 0. The first kappa shape index (κ1) is 42.4. The summed E-state index contributed by atoms with van der Waals surface area (Å²) in [5, 5.41) is 15.4. The number of rotatable bonds is 8. The van der Waals surface area contributed by atoms with Gasteiger partial charge < -0.3 is 39.0 Å². The van der Waals surface area contributed by atoms with Crippen LogP contribution in [0.2, 0.25) is 0 Å². The second-order valence-electron chi connectivity index (χ2n) is 16.4. The number of para-hydroxylation sites is 1. The highest BCUT2D eigenvalue weighted by molar-refractivity contribution is 6.00. The number of esters is 1. The average molecular weight is 766 g/mol. The Morgan fingerprint density at radius 2 is 1.75 bits per heavy atom. The summed E-state index contributed by atoms with van der Waals surface area (Å²) in [6.45, 7) is 13.8. The Balaban J connectivity index is 1.56. The lowest BCUT2D eigenvalue weighted by atomic mass is 9.73. The van der Waals surface area contributed by atoms with E-state index < -0.39 is 83.4 Å². The van der Waals surface area contributed by atoms with Gasteiger partial charge in [-0.25, -0.2) is 4.79 Å². The van der Waals surface area contributed by atoms with Crippen molar-refractivity contribution in [3.8, 4) is 0 Å². The summed E-state index contributed by atoms with van der Waals surface area (Å²) in [5.74, 6) is -5.12. The van der Waals surface area contributed by atoms with Crippen LogP contribution in [0.25, 0.3) is 17.0 Å². The van der Waals surface area contributed by atoms with Crippen molar-refractivity contribution >= 4 is 40.6 Å². The van der Waals surface area contributed by atoms with Gasteiger partial charge in [0.15, 0.2) is 17.7 Å². The van der Waals surface area contributed by atoms with Crippen LogP contribution in [-0.4, -0.2) is 113 Å². The first-order valence-electron chi connectivity index (χ1n) is 19.5. The number of likely N-dealkylation sites (N-methyl/N-ethyl adjacent to an activating group) is 1. The molecule has 302 valence electrons. The van der Waals surface area contributed by atoms with Gasteiger partial charge in [-0.1, -0.05) is 58.0 Å². The first-order valence-corrected chi connectivity index (χ1v) is 19.5. The van der Waals surface area contributed by atoms with Crippen LogP contribution in [0.5, 0.6) is 0 Å². The van der Waals surface area contributed by atoms with Gasteiger partial charge in [-0.3, -0.25) is 19.4 Å². The number of aromatic nitrogens is 1. The number of alkyl carbamates (subject to hydrolysis) is 1. The van der Waals surface area contributed by atoms with E-state index in [4.69, 9.17) is 23.7 Å². The van der Waals surface area contributed by atoms with Crippen molar-refractivity contribution in [2.24, 2.45) is 23.7 Å². The molecule has 3 saturated heterocycles. The number of ether oxygens (including phenoxy) is 5. The van der Waals surface area contributed by atoms with Crippen LogP contribution in [-0.2, 0) is 38.1 Å². The number of nitrogens with zero attached hydrogens (tertiary/aromatic N) is 2. The number of amides is 1. The Morgan fingerprint density at radius 1 is 1.04 bits per heavy atom. The molecule has 1 aromatic carbocycles. The molecule has 3 aliphatic heterocycles. The van der Waals surface area contributed by atoms with Gasteiger partial charge in [0.05, 0.1) is 36.0 Å². The lowest BCUT2D eigenvalue weighted by Crippen LogP contribution is -2.60. The van der Waals surface area contributed by atoms with Gasteiger partial charge >= 0.3 is 12.1 Å². The minimum atomic E-state index is -1.38. The Morgan fingerprint density at radius 3 is 2.44 bits per heavy atom. The molecule has 4 heterocycles. The van der Waals surface area contributed by atoms with Crippen LogP contribution in [0.3, 0.4) is 0 Å². The third-order valence-electron chi connectivity index (χ3n) is 11.9. The summed E-state index contributed by atoms with van der Waals surface area (Å²) in [7, 11) is 3.74. The number of cyclic esters (lactones) is 1. The lowest BCUT2D eigenvalue weighted by Gasteiger charge is -2.47. The molecule has 0 bridgehead atoms. The maximum absolute atomic E-state index is 14.4. The molecule has 3 fully saturated rings. The van der Waals surface area contributed by atoms with Gasteiger partial charge in [0.25, 0.3) is 0 Å². The van der Waals surface area contributed by atoms with E-state index >= 15 is 0 Å². The van der Waals surface area contributed by atoms with Gasteiger partial charge in [0, 0.05) is 35.4 Å². The Hall–Kier alpha value is -3.75. The van der Waals surface area contributed by atoms with Crippen molar-refractivity contribution in [1.29, 1.82) is 0 Å². The lowest BCUT2D eigenvalue weighted by molar-refractivity contribution is -0.296. The van der Waals surface area contributed by atoms with Gasteiger partial charge in [-0.15, -0.1) is 0 Å². The molecule has 1 aromatic heterocycles. The molecule has 0 radical (unpaired) electrons. The third kappa shape index (κ3) is 8.96. The molecule has 2 N–H and O–H groups in total. The Kier molecular flexibility index (Phi) is 13.2. The molecule has 4 unspecified atom stereocenters. The van der Waals surface area contributed by atoms with E-state index in [1.807, 2.05) is 68.4 Å². The number of fused-ring (bicyclic) bond motifs is 2. The predicted molar refractivity (Wildman–Crippen MR) is 206 cm³/mol. The molecule has 3 aliphatic rings. The number of benzene rings is 1. The zero-order valence-corrected chi connectivity index (χ0v) is 33.8. The summed E-state index contributed by atoms with van der Waals surface area (Å²) in [5.41, 5.74) is -1.00. The first-order chi connectivity index (χ1) is 25.9. The number of nitrogens with one attached hydrogen (secondary N) is 1. The molecule has 0 aliphatic carbocycles. The van der Waals surface area contributed by atoms with Crippen molar-refractivity contribution in [3.05, 3.63) is 48.2 Å². The van der Waals surface area contributed by atoms with E-state index in [0.717, 1.165) is 16.5 Å². The summed E-state index contributed by atoms with van der Waals surface area (Å²) in [6.07, 6.45) is 1.12. The van der Waals surface area contributed by atoms with Gasteiger partial charge in [0.1, 0.15) is 23.9 Å². The zero-order chi connectivity index (χ0) is 40.4. The van der Waals surface area contributed by atoms with Crippen LogP contribution in [0.15, 0.2) is 42.6 Å². The number of aliphatic hydroxyl groups excluding tert-OH is 1. The standard InChI is InChI=1S/C42H59N3O10/c1-11-32-42(8)36(44-40(50)55-42)25(4)33(46)23(2)21-41(7,51-18-14-15-28-20-29-16-12-13-17-30(29)43-22-28)37(26(5)34(47)27(6)38(49)53-32)54-39-35(48)31(45(9)10)19-24(3)52-39/h12-17,20,22-27,31-32,35-37,39,48H,11,18-19,21H2,1-10H3,(H,44,50)/b15-14+/t23-,24?,25+,26+,27-,31?,32-,35?,36-,37-,39?,41-,42-/m1/s1. The van der Waals surface area contributed by atoms with Crippen molar-refractivity contribution < 1.29 is 48.0 Å². The number of hydrogen-bond donors (Lipinski definition) is 2. The number of aliphatic hydroxyl groups is 1. The summed E-state index contributed by atoms with van der Waals surface area (Å²) in [6, 6.07) is 8.70. The SMILES string of the molecule is CC[C@H]1OC(=O)[C@H](C)C(=O)[C@H](C)[C@@H](OC2OC(C)CC(N(C)C)C2O)[C@](C)(OC/C=C/c2cnc3ccccc3c2)C[C@@H](C)C(=O)[C@H](C)[C@H]2NC(=O)O[C@@]21C. The maximum Gasteiger partial charge on any atom is 0.408 e. The minimum Gasteiger partial charge on any atom is -0.458 e. The molecule has 13 nitrogen and oxygen atoms in total. The number of pyridine rings is 1. The van der Waals surface area contributed by atoms with Gasteiger partial charge in [-0.05, 0) is 78.7 Å². The van der Waals surface area contributed by atoms with Crippen molar-refractivity contribution in [3.63, 3.8) is 0 Å². The molecular weight excluding hydrogens is 706 g/mol. The molecule has 1 amide bonds. The molecule has 13 atom stereocenters. The topological polar surface area (TPSA) is 163 Å². The van der Waals surface area contributed by atoms with E-state index in [1.165, 1.54) is 6.92 Å². The monoisotopic (exact) mass is 765 g/mol. The van der Waals surface area contributed by atoms with Crippen molar-refractivity contribution in [2.45, 2.75) is 129 Å². The van der Waals surface area contributed by atoms with E-state index in [2.05, 4.69) is 10.3 Å². The Bertz CT molecular complexity index is 1750. The fourth-order valence-electron chi connectivity index (χ4n) is 8.73. The molecule has 13 heteroatoms. The molecule has 0 saturated carbocycles. The Labute approximate surface area is 324 Å². The van der Waals surface area contributed by atoms with Gasteiger partial charge in [0.2, 0.25) is 0 Å². The van der Waals surface area contributed by atoms with E-state index in [1.54, 1.807) is 47.7 Å². The quantitative estimate of drug-likeness (QED) is 0.270. The van der Waals surface area contributed by atoms with Gasteiger partial charge in [-0.2, -0.15) is 0 Å². The van der Waals surface area contributed by atoms with Crippen molar-refractivity contribution in [2.75, 3.05) is 20.7 Å². The third-order valence-corrected chi connectivity index (χ3v) is 11.9.